The van der Waals surface area contributed by atoms with Crippen LogP contribution in [0.1, 0.15) is 29.2 Å². The summed E-state index contributed by atoms with van der Waals surface area (Å²) >= 11 is 0. The molecule has 0 aliphatic carbocycles. The van der Waals surface area contributed by atoms with E-state index < -0.39 is 6.23 Å². The molecule has 4 heteroatoms. The second-order valence-electron chi connectivity index (χ2n) is 5.39. The van der Waals surface area contributed by atoms with Crippen molar-refractivity contribution in [1.29, 1.82) is 0 Å². The van der Waals surface area contributed by atoms with E-state index in [0.717, 1.165) is 29.1 Å². The third-order valence-electron chi connectivity index (χ3n) is 4.04. The Kier molecular flexibility index (Phi) is 3.37. The highest BCUT2D eigenvalue weighted by Crippen LogP contribution is 2.41. The van der Waals surface area contributed by atoms with E-state index in [9.17, 15) is 4.79 Å². The van der Waals surface area contributed by atoms with Crippen LogP contribution >= 0.6 is 0 Å². The molecule has 2 heterocycles. The Morgan fingerprint density at radius 1 is 1.29 bits per heavy atom. The molecule has 0 N–H and O–H groups in total. The zero-order valence-electron chi connectivity index (χ0n) is 12.5. The normalized spacial score (nSPS) is 14.1. The zero-order chi connectivity index (χ0) is 15.0. The molecule has 108 valence electrons. The van der Waals surface area contributed by atoms with Gasteiger partial charge < -0.3 is 4.74 Å². The highest BCUT2D eigenvalue weighted by Gasteiger charge is 2.30. The van der Waals surface area contributed by atoms with Crippen LogP contribution in [0.5, 0.6) is 0 Å². The molecule has 1 aromatic carbocycles. The monoisotopic (exact) mass is 282 g/mol. The molecule has 0 saturated heterocycles. The molecule has 0 fully saturated rings. The Morgan fingerprint density at radius 3 is 2.81 bits per heavy atom. The number of pyridine rings is 1. The Labute approximate surface area is 124 Å². The van der Waals surface area contributed by atoms with Gasteiger partial charge in [-0.05, 0) is 49.1 Å². The molecule has 1 unspecified atom stereocenters. The van der Waals surface area contributed by atoms with E-state index in [1.54, 1.807) is 6.20 Å². The summed E-state index contributed by atoms with van der Waals surface area (Å²) in [5, 5.41) is 0. The van der Waals surface area contributed by atoms with Crippen LogP contribution in [0.4, 0.5) is 11.5 Å². The van der Waals surface area contributed by atoms with Crippen LogP contribution in [0.25, 0.3) is 0 Å². The van der Waals surface area contributed by atoms with Gasteiger partial charge in [0.05, 0.1) is 5.69 Å². The lowest BCUT2D eigenvalue weighted by Gasteiger charge is -2.37. The number of rotatable bonds is 3. The van der Waals surface area contributed by atoms with Crippen molar-refractivity contribution in [3.05, 3.63) is 52.7 Å². The minimum absolute atomic E-state index is 0.393. The molecule has 3 rings (SSSR count). The minimum atomic E-state index is -0.393. The van der Waals surface area contributed by atoms with Crippen molar-refractivity contribution in [3.8, 4) is 0 Å². The summed E-state index contributed by atoms with van der Waals surface area (Å²) in [6.45, 7) is 6.55. The topological polar surface area (TPSA) is 42.4 Å². The van der Waals surface area contributed by atoms with E-state index in [1.165, 1.54) is 11.1 Å². The number of hydrogen-bond donors (Lipinski definition) is 0. The van der Waals surface area contributed by atoms with E-state index >= 15 is 0 Å². The number of anilines is 2. The van der Waals surface area contributed by atoms with Gasteiger partial charge in [0, 0.05) is 12.6 Å². The highest BCUT2D eigenvalue weighted by atomic mass is 16.5. The third kappa shape index (κ3) is 2.17. The molecule has 1 aromatic heterocycles. The second-order valence-corrected chi connectivity index (χ2v) is 5.39. The Hall–Kier alpha value is -2.36. The van der Waals surface area contributed by atoms with Gasteiger partial charge in [0.2, 0.25) is 0 Å². The Bertz CT molecular complexity index is 697. The van der Waals surface area contributed by atoms with E-state index in [0.29, 0.717) is 6.47 Å². The van der Waals surface area contributed by atoms with Gasteiger partial charge in [-0.25, -0.2) is 4.98 Å². The van der Waals surface area contributed by atoms with Crippen molar-refractivity contribution in [2.75, 3.05) is 4.90 Å². The predicted octanol–water partition coefficient (Wildman–Crippen LogP) is 3.26. The fourth-order valence-electron chi connectivity index (χ4n) is 2.99. The van der Waals surface area contributed by atoms with Crippen LogP contribution in [0, 0.1) is 13.8 Å². The summed E-state index contributed by atoms with van der Waals surface area (Å²) in [6, 6.07) is 8.26. The Balaban J connectivity index is 2.23. The maximum Gasteiger partial charge on any atom is 0.295 e. The summed E-state index contributed by atoms with van der Waals surface area (Å²) in [7, 11) is 0. The summed E-state index contributed by atoms with van der Waals surface area (Å²) in [4.78, 5) is 17.3. The summed E-state index contributed by atoms with van der Waals surface area (Å²) in [5.74, 6) is 0.869. The number of ether oxygens (including phenoxy) is 1. The van der Waals surface area contributed by atoms with Crippen LogP contribution in [0.15, 0.2) is 30.5 Å². The first-order valence-corrected chi connectivity index (χ1v) is 7.04. The van der Waals surface area contributed by atoms with Crippen LogP contribution < -0.4 is 4.90 Å². The van der Waals surface area contributed by atoms with Gasteiger partial charge in [-0.2, -0.15) is 0 Å². The molecular weight excluding hydrogens is 264 g/mol. The number of carbonyl (C=O) groups is 1. The molecule has 0 radical (unpaired) electrons. The van der Waals surface area contributed by atoms with Crippen LogP contribution in [-0.4, -0.2) is 17.7 Å². The lowest BCUT2D eigenvalue weighted by molar-refractivity contribution is -0.132. The summed E-state index contributed by atoms with van der Waals surface area (Å²) in [6.07, 6.45) is 2.24. The summed E-state index contributed by atoms with van der Waals surface area (Å²) < 4.78 is 5.20. The third-order valence-corrected chi connectivity index (χ3v) is 4.04. The maximum atomic E-state index is 10.8. The van der Waals surface area contributed by atoms with Crippen LogP contribution in [-0.2, 0) is 16.0 Å². The molecule has 0 spiro atoms. The van der Waals surface area contributed by atoms with Crippen molar-refractivity contribution < 1.29 is 9.53 Å². The lowest BCUT2D eigenvalue weighted by atomic mass is 9.92. The molecule has 4 nitrogen and oxygen atoms in total. The maximum absolute atomic E-state index is 10.8. The van der Waals surface area contributed by atoms with Crippen molar-refractivity contribution in [1.82, 2.24) is 4.98 Å². The Morgan fingerprint density at radius 2 is 2.05 bits per heavy atom. The van der Waals surface area contributed by atoms with E-state index in [4.69, 9.17) is 4.74 Å². The lowest BCUT2D eigenvalue weighted by Crippen LogP contribution is -2.35. The number of fused-ring (bicyclic) bond motifs is 2. The van der Waals surface area contributed by atoms with Crippen molar-refractivity contribution in [3.63, 3.8) is 0 Å². The number of benzene rings is 1. The molecule has 0 bridgehead atoms. The van der Waals surface area contributed by atoms with Crippen molar-refractivity contribution in [2.24, 2.45) is 0 Å². The molecule has 1 aliphatic rings. The van der Waals surface area contributed by atoms with Crippen LogP contribution in [0.3, 0.4) is 0 Å². The predicted molar refractivity (Wildman–Crippen MR) is 81.7 cm³/mol. The standard InChI is InChI=1S/C17H18N2O2/c1-11-6-7-12(2)16-15(11)9-14-5-4-8-18-17(14)19(16)13(3)21-10-20/h4-8,10,13H,9H2,1-3H3. The van der Waals surface area contributed by atoms with Crippen LogP contribution in [0.2, 0.25) is 0 Å². The van der Waals surface area contributed by atoms with E-state index in [-0.39, 0.29) is 0 Å². The van der Waals surface area contributed by atoms with Gasteiger partial charge in [0.15, 0.2) is 6.23 Å². The molecule has 2 aromatic rings. The van der Waals surface area contributed by atoms with E-state index in [1.807, 2.05) is 17.9 Å². The number of hydrogen-bond acceptors (Lipinski definition) is 4. The number of aryl methyl sites for hydroxylation is 2. The minimum Gasteiger partial charge on any atom is -0.444 e. The van der Waals surface area contributed by atoms with Gasteiger partial charge >= 0.3 is 0 Å². The molecule has 0 saturated carbocycles. The molecule has 1 aliphatic heterocycles. The average molecular weight is 282 g/mol. The quantitative estimate of drug-likeness (QED) is 0.810. The van der Waals surface area contributed by atoms with Crippen molar-refractivity contribution >= 4 is 18.0 Å². The number of nitrogens with zero attached hydrogens (tertiary/aromatic N) is 2. The number of aromatic nitrogens is 1. The highest BCUT2D eigenvalue weighted by molar-refractivity contribution is 5.76. The summed E-state index contributed by atoms with van der Waals surface area (Å²) in [5.41, 5.74) is 5.94. The molecule has 21 heavy (non-hydrogen) atoms. The second kappa shape index (κ2) is 5.20. The fraction of sp³-hybridized carbons (Fsp3) is 0.294. The van der Waals surface area contributed by atoms with Gasteiger partial charge in [0.1, 0.15) is 5.82 Å². The largest absolute Gasteiger partial charge is 0.444 e. The van der Waals surface area contributed by atoms with E-state index in [2.05, 4.69) is 37.0 Å². The number of carbonyl (C=O) groups excluding carboxylic acids is 1. The first-order valence-electron chi connectivity index (χ1n) is 7.04. The van der Waals surface area contributed by atoms with Crippen molar-refractivity contribution in [2.45, 2.75) is 33.4 Å². The molecular formula is C17H18N2O2. The fourth-order valence-corrected chi connectivity index (χ4v) is 2.99. The smallest absolute Gasteiger partial charge is 0.295 e. The average Bonchev–Trinajstić information content (AvgIpc) is 2.49. The van der Waals surface area contributed by atoms with Gasteiger partial charge in [-0.15, -0.1) is 0 Å². The molecule has 1 atom stereocenters. The first-order chi connectivity index (χ1) is 10.1. The van der Waals surface area contributed by atoms with Gasteiger partial charge in [-0.3, -0.25) is 9.69 Å². The van der Waals surface area contributed by atoms with Gasteiger partial charge in [-0.1, -0.05) is 18.2 Å². The zero-order valence-corrected chi connectivity index (χ0v) is 12.5. The molecule has 0 amide bonds. The SMILES string of the molecule is Cc1ccc(C)c2c1Cc1cccnc1N2C(C)OC=O. The van der Waals surface area contributed by atoms with Gasteiger partial charge in [0.25, 0.3) is 6.47 Å². The first kappa shape index (κ1) is 13.6.